The molecule has 1 amide bonds. The Balaban J connectivity index is 2.01. The molecule has 1 aromatic heterocycles. The van der Waals surface area contributed by atoms with Crippen molar-refractivity contribution >= 4 is 23.2 Å². The molecule has 0 unspecified atom stereocenters. The molecule has 1 heterocycles. The quantitative estimate of drug-likeness (QED) is 0.418. The summed E-state index contributed by atoms with van der Waals surface area (Å²) in [6.07, 6.45) is 0.638. The molecule has 0 radical (unpaired) electrons. The average molecular weight is 435 g/mol. The van der Waals surface area contributed by atoms with E-state index in [1.165, 1.54) is 44.5 Å². The van der Waals surface area contributed by atoms with Crippen LogP contribution in [0.3, 0.4) is 0 Å². The molecule has 32 heavy (non-hydrogen) atoms. The number of halogens is 2. The van der Waals surface area contributed by atoms with Gasteiger partial charge >= 0.3 is 0 Å². The zero-order valence-corrected chi connectivity index (χ0v) is 17.6. The van der Waals surface area contributed by atoms with Crippen molar-refractivity contribution < 1.29 is 27.5 Å². The second-order valence-electron chi connectivity index (χ2n) is 7.22. The van der Waals surface area contributed by atoms with E-state index in [2.05, 4.69) is 5.32 Å². The monoisotopic (exact) mass is 435 g/mol. The van der Waals surface area contributed by atoms with Crippen LogP contribution in [-0.4, -0.2) is 26.4 Å². The Morgan fingerprint density at radius 1 is 1.06 bits per heavy atom. The number of ether oxygens (including phenoxy) is 1. The number of hydrogen-bond acceptors (Lipinski definition) is 4. The van der Waals surface area contributed by atoms with Crippen LogP contribution in [0.25, 0.3) is 33.4 Å². The number of furan rings is 1. The Bertz CT molecular complexity index is 1360. The van der Waals surface area contributed by atoms with Crippen LogP contribution < -0.4 is 10.1 Å². The van der Waals surface area contributed by atoms with Gasteiger partial charge in [0.15, 0.2) is 6.29 Å². The highest BCUT2D eigenvalue weighted by Crippen LogP contribution is 2.40. The number of carbonyl (C=O) groups excluding carboxylic acids is 2. The normalized spacial score (nSPS) is 10.9. The SMILES string of the molecule is CNC(=O)c1c(-c2ccc(F)cc2)oc2ccc(-c3cc(C=O)c(OC)cc3C)c(F)c12. The molecule has 0 bridgehead atoms. The van der Waals surface area contributed by atoms with Gasteiger partial charge in [0, 0.05) is 18.2 Å². The number of rotatable bonds is 5. The van der Waals surface area contributed by atoms with Crippen molar-refractivity contribution in [2.24, 2.45) is 0 Å². The Morgan fingerprint density at radius 2 is 1.78 bits per heavy atom. The standard InChI is InChI=1S/C25H19F2NO4/c1-13-10-20(31-3)15(12-29)11-18(13)17-8-9-19-21(23(17)27)22(25(30)28-2)24(32-19)14-4-6-16(26)7-5-14/h4-12H,1-3H3,(H,28,30). The van der Waals surface area contributed by atoms with Crippen molar-refractivity contribution in [3.63, 3.8) is 0 Å². The number of amides is 1. The zero-order valence-electron chi connectivity index (χ0n) is 17.6. The number of nitrogens with one attached hydrogen (secondary N) is 1. The van der Waals surface area contributed by atoms with Gasteiger partial charge in [-0.05, 0) is 66.6 Å². The van der Waals surface area contributed by atoms with E-state index in [4.69, 9.17) is 9.15 Å². The molecule has 3 aromatic carbocycles. The van der Waals surface area contributed by atoms with Crippen LogP contribution in [0.2, 0.25) is 0 Å². The minimum Gasteiger partial charge on any atom is -0.496 e. The van der Waals surface area contributed by atoms with Crippen molar-refractivity contribution in [2.75, 3.05) is 14.2 Å². The second kappa shape index (κ2) is 8.26. The third kappa shape index (κ3) is 3.41. The van der Waals surface area contributed by atoms with Crippen molar-refractivity contribution in [2.45, 2.75) is 6.92 Å². The molecule has 7 heteroatoms. The van der Waals surface area contributed by atoms with Gasteiger partial charge in [0.25, 0.3) is 5.91 Å². The smallest absolute Gasteiger partial charge is 0.255 e. The van der Waals surface area contributed by atoms with Gasteiger partial charge in [-0.1, -0.05) is 0 Å². The maximum Gasteiger partial charge on any atom is 0.255 e. The van der Waals surface area contributed by atoms with E-state index in [1.54, 1.807) is 25.1 Å². The van der Waals surface area contributed by atoms with E-state index >= 15 is 4.39 Å². The third-order valence-electron chi connectivity index (χ3n) is 5.35. The van der Waals surface area contributed by atoms with Gasteiger partial charge in [-0.3, -0.25) is 9.59 Å². The topological polar surface area (TPSA) is 68.5 Å². The Morgan fingerprint density at radius 3 is 2.41 bits per heavy atom. The van der Waals surface area contributed by atoms with E-state index in [0.717, 1.165) is 0 Å². The Hall–Kier alpha value is -4.00. The summed E-state index contributed by atoms with van der Waals surface area (Å²) in [5.41, 5.74) is 2.28. The predicted molar refractivity (Wildman–Crippen MR) is 117 cm³/mol. The third-order valence-corrected chi connectivity index (χ3v) is 5.35. The summed E-state index contributed by atoms with van der Waals surface area (Å²) in [7, 11) is 2.88. The molecule has 4 rings (SSSR count). The summed E-state index contributed by atoms with van der Waals surface area (Å²) < 4.78 is 40.3. The number of carbonyl (C=O) groups is 2. The van der Waals surface area contributed by atoms with Crippen LogP contribution >= 0.6 is 0 Å². The molecular weight excluding hydrogens is 416 g/mol. The molecule has 0 saturated carbocycles. The van der Waals surface area contributed by atoms with Crippen molar-refractivity contribution in [1.82, 2.24) is 5.32 Å². The first-order chi connectivity index (χ1) is 15.4. The predicted octanol–water partition coefficient (Wildman–Crippen LogP) is 5.53. The van der Waals surface area contributed by atoms with E-state index in [-0.39, 0.29) is 33.4 Å². The summed E-state index contributed by atoms with van der Waals surface area (Å²) in [5.74, 6) is -1.13. The Kier molecular flexibility index (Phi) is 5.48. The number of aryl methyl sites for hydroxylation is 1. The number of aldehydes is 1. The van der Waals surface area contributed by atoms with Crippen LogP contribution in [0.4, 0.5) is 8.78 Å². The number of fused-ring (bicyclic) bond motifs is 1. The molecule has 0 spiro atoms. The van der Waals surface area contributed by atoms with Crippen LogP contribution in [0, 0.1) is 18.6 Å². The van der Waals surface area contributed by atoms with Gasteiger partial charge in [-0.25, -0.2) is 8.78 Å². The van der Waals surface area contributed by atoms with Crippen LogP contribution in [0.15, 0.2) is 52.9 Å². The highest BCUT2D eigenvalue weighted by Gasteiger charge is 2.26. The highest BCUT2D eigenvalue weighted by atomic mass is 19.1. The lowest BCUT2D eigenvalue weighted by atomic mass is 9.95. The molecule has 0 aliphatic heterocycles. The lowest BCUT2D eigenvalue weighted by molar-refractivity contribution is 0.0964. The Labute approximate surface area is 182 Å². The number of methoxy groups -OCH3 is 1. The van der Waals surface area contributed by atoms with Crippen molar-refractivity contribution in [3.05, 3.63) is 76.9 Å². The lowest BCUT2D eigenvalue weighted by Crippen LogP contribution is -2.18. The second-order valence-corrected chi connectivity index (χ2v) is 7.22. The minimum atomic E-state index is -0.664. The molecule has 0 aliphatic carbocycles. The summed E-state index contributed by atoms with van der Waals surface area (Å²) in [5, 5.41) is 2.51. The highest BCUT2D eigenvalue weighted by molar-refractivity contribution is 6.12. The van der Waals surface area contributed by atoms with Crippen molar-refractivity contribution in [1.29, 1.82) is 0 Å². The molecule has 5 nitrogen and oxygen atoms in total. The molecule has 0 fully saturated rings. The molecule has 1 N–H and O–H groups in total. The minimum absolute atomic E-state index is 0.00375. The largest absolute Gasteiger partial charge is 0.496 e. The summed E-state index contributed by atoms with van der Waals surface area (Å²) in [6, 6.07) is 11.7. The maximum atomic E-state index is 15.9. The molecule has 0 saturated heterocycles. The van der Waals surface area contributed by atoms with Gasteiger partial charge in [0.2, 0.25) is 0 Å². The summed E-state index contributed by atoms with van der Waals surface area (Å²) in [4.78, 5) is 24.2. The fraction of sp³-hybridized carbons (Fsp3) is 0.120. The van der Waals surface area contributed by atoms with Crippen LogP contribution in [0.5, 0.6) is 5.75 Å². The fourth-order valence-electron chi connectivity index (χ4n) is 3.76. The zero-order chi connectivity index (χ0) is 23.0. The van der Waals surface area contributed by atoms with Crippen LogP contribution in [0.1, 0.15) is 26.3 Å². The van der Waals surface area contributed by atoms with E-state index < -0.39 is 17.5 Å². The molecule has 4 aromatic rings. The first kappa shape index (κ1) is 21.2. The van der Waals surface area contributed by atoms with Gasteiger partial charge < -0.3 is 14.5 Å². The van der Waals surface area contributed by atoms with Gasteiger partial charge in [-0.2, -0.15) is 0 Å². The number of hydrogen-bond donors (Lipinski definition) is 1. The molecule has 0 aliphatic rings. The molecule has 0 atom stereocenters. The first-order valence-electron chi connectivity index (χ1n) is 9.76. The first-order valence-corrected chi connectivity index (χ1v) is 9.76. The van der Waals surface area contributed by atoms with E-state index in [1.807, 2.05) is 0 Å². The van der Waals surface area contributed by atoms with Gasteiger partial charge in [-0.15, -0.1) is 0 Å². The molecule has 162 valence electrons. The van der Waals surface area contributed by atoms with Crippen molar-refractivity contribution in [3.8, 4) is 28.2 Å². The fourth-order valence-corrected chi connectivity index (χ4v) is 3.76. The van der Waals surface area contributed by atoms with Gasteiger partial charge in [0.05, 0.1) is 23.6 Å². The molecular formula is C25H19F2NO4. The maximum absolute atomic E-state index is 15.9. The summed E-state index contributed by atoms with van der Waals surface area (Å²) >= 11 is 0. The average Bonchev–Trinajstić information content (AvgIpc) is 3.20. The summed E-state index contributed by atoms with van der Waals surface area (Å²) in [6.45, 7) is 1.77. The van der Waals surface area contributed by atoms with E-state index in [0.29, 0.717) is 28.7 Å². The van der Waals surface area contributed by atoms with Crippen LogP contribution in [-0.2, 0) is 0 Å². The lowest BCUT2D eigenvalue weighted by Gasteiger charge is -2.12. The van der Waals surface area contributed by atoms with Gasteiger partial charge in [0.1, 0.15) is 28.7 Å². The van der Waals surface area contributed by atoms with E-state index in [9.17, 15) is 14.0 Å². The number of benzene rings is 3.